The first-order valence-corrected chi connectivity index (χ1v) is 6.41. The first kappa shape index (κ1) is 13.5. The van der Waals surface area contributed by atoms with Crippen LogP contribution < -0.4 is 10.9 Å². The molecular weight excluding hydrogens is 288 g/mol. The van der Waals surface area contributed by atoms with Gasteiger partial charge in [0.25, 0.3) is 5.56 Å². The minimum absolute atomic E-state index is 0.193. The number of nitrogens with zero attached hydrogens (tertiary/aromatic N) is 1. The highest BCUT2D eigenvalue weighted by Gasteiger charge is 2.10. The van der Waals surface area contributed by atoms with Crippen molar-refractivity contribution in [3.8, 4) is 0 Å². The highest BCUT2D eigenvalue weighted by Crippen LogP contribution is 2.21. The Labute approximate surface area is 117 Å². The summed E-state index contributed by atoms with van der Waals surface area (Å²) in [7, 11) is 1.26. The van der Waals surface area contributed by atoms with Crippen molar-refractivity contribution in [1.82, 2.24) is 4.98 Å². The lowest BCUT2D eigenvalue weighted by Gasteiger charge is -2.05. The van der Waals surface area contributed by atoms with E-state index in [1.165, 1.54) is 7.11 Å². The molecule has 0 bridgehead atoms. The summed E-state index contributed by atoms with van der Waals surface area (Å²) in [5.41, 5.74) is 0.213. The molecule has 1 heterocycles. The number of carbonyl (C=O) groups excluding carboxylic acids is 1. The molecule has 0 spiro atoms. The highest BCUT2D eigenvalue weighted by atomic mass is 35.5. The third kappa shape index (κ3) is 3.52. The first-order chi connectivity index (χ1) is 9.08. The van der Waals surface area contributed by atoms with Crippen molar-refractivity contribution in [3.05, 3.63) is 50.6 Å². The molecule has 1 N–H and O–H groups in total. The van der Waals surface area contributed by atoms with E-state index < -0.39 is 11.5 Å². The quantitative estimate of drug-likeness (QED) is 0.882. The van der Waals surface area contributed by atoms with Crippen LogP contribution in [0.15, 0.2) is 35.1 Å². The molecule has 2 aromatic rings. The smallest absolute Gasteiger partial charge is 0.348 e. The highest BCUT2D eigenvalue weighted by molar-refractivity contribution is 7.17. The molecule has 0 saturated heterocycles. The zero-order valence-electron chi connectivity index (χ0n) is 9.84. The number of esters is 1. The number of rotatable bonds is 3. The predicted molar refractivity (Wildman–Crippen MR) is 74.5 cm³/mol. The minimum atomic E-state index is -0.566. The maximum Gasteiger partial charge on any atom is 0.348 e. The average Bonchev–Trinajstić information content (AvgIpc) is 2.40. The van der Waals surface area contributed by atoms with Gasteiger partial charge in [0.1, 0.15) is 4.88 Å². The Bertz CT molecular complexity index is 655. The number of hydrogen-bond acceptors (Lipinski definition) is 6. The van der Waals surface area contributed by atoms with Gasteiger partial charge in [-0.25, -0.2) is 4.79 Å². The largest absolute Gasteiger partial charge is 0.465 e. The van der Waals surface area contributed by atoms with Gasteiger partial charge in [0.05, 0.1) is 7.11 Å². The van der Waals surface area contributed by atoms with E-state index in [-0.39, 0.29) is 4.88 Å². The standard InChI is InChI=1S/C12H9ClN2O3S/c1-18-11(17)9-6-10(16)15-12(19-9)14-8-4-2-7(13)3-5-8/h2-6H,1H3,(H,14,15,16). The molecule has 0 aliphatic rings. The van der Waals surface area contributed by atoms with Crippen LogP contribution in [0.1, 0.15) is 9.67 Å². The molecule has 0 aliphatic heterocycles. The number of aromatic nitrogens is 1. The Morgan fingerprint density at radius 3 is 2.68 bits per heavy atom. The van der Waals surface area contributed by atoms with Gasteiger partial charge in [-0.3, -0.25) is 4.79 Å². The van der Waals surface area contributed by atoms with Gasteiger partial charge in [0, 0.05) is 16.8 Å². The van der Waals surface area contributed by atoms with E-state index in [0.717, 1.165) is 23.1 Å². The molecule has 1 aromatic heterocycles. The molecule has 7 heteroatoms. The molecule has 2 rings (SSSR count). The van der Waals surface area contributed by atoms with Crippen molar-refractivity contribution >= 4 is 39.7 Å². The molecule has 0 unspecified atom stereocenters. The van der Waals surface area contributed by atoms with Gasteiger partial charge in [0.2, 0.25) is 0 Å². The van der Waals surface area contributed by atoms with E-state index in [2.05, 4.69) is 15.0 Å². The lowest BCUT2D eigenvalue weighted by molar-refractivity contribution is 0.0606. The van der Waals surface area contributed by atoms with E-state index in [0.29, 0.717) is 10.2 Å². The van der Waals surface area contributed by atoms with Gasteiger partial charge in [0.15, 0.2) is 5.13 Å². The molecule has 0 atom stereocenters. The molecule has 19 heavy (non-hydrogen) atoms. The maximum atomic E-state index is 11.4. The summed E-state index contributed by atoms with van der Waals surface area (Å²) in [4.78, 5) is 26.8. The fraction of sp³-hybridized carbons (Fsp3) is 0.0833. The summed E-state index contributed by atoms with van der Waals surface area (Å²) in [6.45, 7) is 0. The van der Waals surface area contributed by atoms with Gasteiger partial charge in [-0.1, -0.05) is 22.9 Å². The van der Waals surface area contributed by atoms with Crippen LogP contribution in [0, 0.1) is 0 Å². The fourth-order valence-corrected chi connectivity index (χ4v) is 2.28. The number of methoxy groups -OCH3 is 1. The normalized spacial score (nSPS) is 10.0. The first-order valence-electron chi connectivity index (χ1n) is 5.21. The van der Waals surface area contributed by atoms with Gasteiger partial charge in [-0.05, 0) is 24.3 Å². The Morgan fingerprint density at radius 1 is 1.37 bits per heavy atom. The second-order valence-corrected chi connectivity index (χ2v) is 4.96. The summed E-state index contributed by atoms with van der Waals surface area (Å²) in [6, 6.07) is 8.04. The lowest BCUT2D eigenvalue weighted by Crippen LogP contribution is -2.10. The van der Waals surface area contributed by atoms with Gasteiger partial charge in [-0.2, -0.15) is 4.98 Å². The maximum absolute atomic E-state index is 11.4. The zero-order chi connectivity index (χ0) is 13.8. The predicted octanol–water partition coefficient (Wildman–Crippen LogP) is 2.69. The second kappa shape index (κ2) is 5.81. The van der Waals surface area contributed by atoms with Crippen molar-refractivity contribution in [2.24, 2.45) is 0 Å². The molecule has 0 fully saturated rings. The number of ether oxygens (including phenoxy) is 1. The molecule has 0 saturated carbocycles. The number of hydrogen-bond donors (Lipinski definition) is 1. The Kier molecular flexibility index (Phi) is 4.13. The summed E-state index contributed by atoms with van der Waals surface area (Å²) < 4.78 is 4.57. The summed E-state index contributed by atoms with van der Waals surface area (Å²) >= 11 is 6.81. The molecule has 0 amide bonds. The number of carbonyl (C=O) groups is 1. The molecule has 0 aliphatic carbocycles. The Balaban J connectivity index is 2.30. The number of halogens is 1. The number of nitrogens with one attached hydrogen (secondary N) is 1. The van der Waals surface area contributed by atoms with E-state index in [1.54, 1.807) is 24.3 Å². The van der Waals surface area contributed by atoms with Gasteiger partial charge in [-0.15, -0.1) is 0 Å². The molecule has 1 aromatic carbocycles. The third-order valence-corrected chi connectivity index (χ3v) is 3.30. The van der Waals surface area contributed by atoms with Crippen molar-refractivity contribution < 1.29 is 9.53 Å². The van der Waals surface area contributed by atoms with Crippen molar-refractivity contribution in [2.75, 3.05) is 12.4 Å². The Morgan fingerprint density at radius 2 is 2.05 bits per heavy atom. The van der Waals surface area contributed by atoms with Crippen LogP contribution in [0.4, 0.5) is 10.8 Å². The lowest BCUT2D eigenvalue weighted by atomic mass is 10.3. The third-order valence-electron chi connectivity index (χ3n) is 2.16. The molecular formula is C12H9ClN2O3S. The Hall–Kier alpha value is -1.92. The van der Waals surface area contributed by atoms with Crippen LogP contribution in [-0.2, 0) is 4.74 Å². The van der Waals surface area contributed by atoms with Crippen LogP contribution in [0.25, 0.3) is 0 Å². The van der Waals surface area contributed by atoms with Gasteiger partial charge < -0.3 is 10.1 Å². The second-order valence-electron chi connectivity index (χ2n) is 3.49. The van der Waals surface area contributed by atoms with E-state index >= 15 is 0 Å². The summed E-state index contributed by atoms with van der Waals surface area (Å²) in [5.74, 6) is -0.566. The summed E-state index contributed by atoms with van der Waals surface area (Å²) in [5, 5.41) is 3.85. The van der Waals surface area contributed by atoms with Crippen LogP contribution in [0.5, 0.6) is 0 Å². The van der Waals surface area contributed by atoms with Crippen molar-refractivity contribution in [3.63, 3.8) is 0 Å². The monoisotopic (exact) mass is 296 g/mol. The summed E-state index contributed by atoms with van der Waals surface area (Å²) in [6.07, 6.45) is 0. The fourth-order valence-electron chi connectivity index (χ4n) is 1.31. The van der Waals surface area contributed by atoms with E-state index in [1.807, 2.05) is 0 Å². The van der Waals surface area contributed by atoms with Crippen LogP contribution in [-0.4, -0.2) is 18.1 Å². The SMILES string of the molecule is COC(=O)c1cc(=O)nc(Nc2ccc(Cl)cc2)s1. The molecule has 98 valence electrons. The van der Waals surface area contributed by atoms with Crippen molar-refractivity contribution in [1.29, 1.82) is 0 Å². The van der Waals surface area contributed by atoms with E-state index in [4.69, 9.17) is 11.6 Å². The van der Waals surface area contributed by atoms with Crippen LogP contribution in [0.2, 0.25) is 5.02 Å². The minimum Gasteiger partial charge on any atom is -0.465 e. The van der Waals surface area contributed by atoms with Gasteiger partial charge >= 0.3 is 5.97 Å². The molecule has 0 radical (unpaired) electrons. The van der Waals surface area contributed by atoms with Crippen LogP contribution in [0.3, 0.4) is 0 Å². The van der Waals surface area contributed by atoms with Crippen LogP contribution >= 0.6 is 22.9 Å². The van der Waals surface area contributed by atoms with Crippen molar-refractivity contribution in [2.45, 2.75) is 0 Å². The number of anilines is 2. The average molecular weight is 297 g/mol. The van der Waals surface area contributed by atoms with E-state index in [9.17, 15) is 9.59 Å². The topological polar surface area (TPSA) is 68.3 Å². The zero-order valence-corrected chi connectivity index (χ0v) is 11.4. The number of benzene rings is 1. The molecule has 5 nitrogen and oxygen atoms in total.